The van der Waals surface area contributed by atoms with Crippen molar-refractivity contribution < 1.29 is 0 Å². The molecule has 0 bridgehead atoms. The molecule has 0 fully saturated rings. The molecule has 0 saturated carbocycles. The Labute approximate surface area is 144 Å². The first-order valence-corrected chi connectivity index (χ1v) is 15.7. The Morgan fingerprint density at radius 3 is 1.95 bits per heavy atom. The van der Waals surface area contributed by atoms with Crippen LogP contribution in [0.4, 0.5) is 0 Å². The van der Waals surface area contributed by atoms with Crippen molar-refractivity contribution in [2.45, 2.75) is 0 Å². The van der Waals surface area contributed by atoms with E-state index in [0.717, 1.165) is 4.06 Å². The van der Waals surface area contributed by atoms with Crippen LogP contribution in [-0.4, -0.2) is 49.5 Å². The summed E-state index contributed by atoms with van der Waals surface area (Å²) < 4.78 is 6.96. The zero-order chi connectivity index (χ0) is 13.5. The molecule has 0 atom stereocenters. The molecule has 0 nitrogen and oxygen atoms in total. The normalized spacial score (nSPS) is 11.9. The van der Waals surface area contributed by atoms with Gasteiger partial charge in [0, 0.05) is 0 Å². The summed E-state index contributed by atoms with van der Waals surface area (Å²) in [6, 6.07) is 10.5. The van der Waals surface area contributed by atoms with Crippen LogP contribution in [-0.2, 0) is 0 Å². The van der Waals surface area contributed by atoms with Crippen LogP contribution in [0.1, 0.15) is 0 Å². The summed E-state index contributed by atoms with van der Waals surface area (Å²) in [5, 5.41) is 0. The number of hydrogen-bond acceptors (Lipinski definition) is 0. The zero-order valence-corrected chi connectivity index (χ0v) is 17.8. The van der Waals surface area contributed by atoms with Gasteiger partial charge in [0.15, 0.2) is 0 Å². The molecule has 0 aliphatic rings. The molecule has 3 aromatic rings. The summed E-state index contributed by atoms with van der Waals surface area (Å²) in [4.78, 5) is 2.27. The van der Waals surface area contributed by atoms with Crippen LogP contribution in [0, 0.1) is 0 Å². The van der Waals surface area contributed by atoms with Gasteiger partial charge in [0.2, 0.25) is 0 Å². The van der Waals surface area contributed by atoms with Gasteiger partial charge in [-0.2, -0.15) is 0 Å². The van der Waals surface area contributed by atoms with Crippen molar-refractivity contribution in [1.82, 2.24) is 0 Å². The van der Waals surface area contributed by atoms with Gasteiger partial charge in [-0.1, -0.05) is 0 Å². The molecular weight excluding hydrogens is 515 g/mol. The summed E-state index contributed by atoms with van der Waals surface area (Å²) >= 11 is 19.4. The first-order valence-electron chi connectivity index (χ1n) is 5.35. The van der Waals surface area contributed by atoms with Gasteiger partial charge in [-0.15, -0.1) is 0 Å². The molecule has 19 heavy (non-hydrogen) atoms. The monoisotopic (exact) mass is 524 g/mol. The molecule has 0 aliphatic carbocycles. The van der Waals surface area contributed by atoms with Crippen molar-refractivity contribution in [2.75, 3.05) is 0 Å². The second kappa shape index (κ2) is 6.06. The van der Waals surface area contributed by atoms with Gasteiger partial charge in [0.05, 0.1) is 0 Å². The number of rotatable bonds is 3. The van der Waals surface area contributed by atoms with Crippen LogP contribution in [0.25, 0.3) is 17.7 Å². The van der Waals surface area contributed by atoms with Gasteiger partial charge in [0.1, 0.15) is 0 Å². The second-order valence-corrected chi connectivity index (χ2v) is 19.5. The van der Waals surface area contributed by atoms with E-state index in [4.69, 9.17) is 33.2 Å². The van der Waals surface area contributed by atoms with E-state index in [0.29, 0.717) is 29.0 Å². The molecular formula is C12H7Cl3Se3Si. The van der Waals surface area contributed by atoms with E-state index in [9.17, 15) is 0 Å². The van der Waals surface area contributed by atoms with Gasteiger partial charge >= 0.3 is 146 Å². The second-order valence-electron chi connectivity index (χ2n) is 3.80. The summed E-state index contributed by atoms with van der Waals surface area (Å²) in [5.41, 5.74) is 0. The van der Waals surface area contributed by atoms with E-state index < -0.39 is 6.00 Å². The predicted molar refractivity (Wildman–Crippen MR) is 91.1 cm³/mol. The van der Waals surface area contributed by atoms with Gasteiger partial charge in [-0.05, 0) is 0 Å². The summed E-state index contributed by atoms with van der Waals surface area (Å²) in [6.07, 6.45) is 0. The Morgan fingerprint density at radius 2 is 1.37 bits per heavy atom. The zero-order valence-electron chi connectivity index (χ0n) is 9.40. The third-order valence-electron chi connectivity index (χ3n) is 2.50. The molecule has 0 amide bonds. The Hall–Kier alpha value is 1.09. The molecule has 98 valence electrons. The quantitative estimate of drug-likeness (QED) is 0.367. The van der Waals surface area contributed by atoms with E-state index in [-0.39, 0.29) is 14.5 Å². The van der Waals surface area contributed by atoms with Gasteiger partial charge in [-0.25, -0.2) is 0 Å². The maximum absolute atomic E-state index is 6.09. The van der Waals surface area contributed by atoms with Crippen molar-refractivity contribution in [3.63, 3.8) is 0 Å². The average molecular weight is 523 g/mol. The first kappa shape index (κ1) is 15.0. The van der Waals surface area contributed by atoms with Gasteiger partial charge in [-0.3, -0.25) is 0 Å². The molecule has 0 unspecified atom stereocenters. The third-order valence-corrected chi connectivity index (χ3v) is 17.4. The minimum absolute atomic E-state index is 0.210. The third kappa shape index (κ3) is 3.47. The van der Waals surface area contributed by atoms with Crippen molar-refractivity contribution in [3.8, 4) is 17.7 Å². The van der Waals surface area contributed by atoms with Crippen LogP contribution in [0.2, 0.25) is 0 Å². The van der Waals surface area contributed by atoms with E-state index in [1.54, 1.807) is 0 Å². The van der Waals surface area contributed by atoms with Crippen LogP contribution >= 0.6 is 33.2 Å². The predicted octanol–water partition coefficient (Wildman–Crippen LogP) is 3.05. The number of hydrogen-bond donors (Lipinski definition) is 0. The Bertz CT molecular complexity index is 679. The Balaban J connectivity index is 1.93. The van der Waals surface area contributed by atoms with Crippen LogP contribution < -0.4 is 4.06 Å². The fraction of sp³-hybridized carbons (Fsp3) is 0. The standard InChI is InChI=1S/C12H7Cl3Se3Si/c13-19(14,15)12-6-5-11(18-12)10-4-3-9(17-10)8-2-1-7-16-8/h1-7H. The topological polar surface area (TPSA) is 0 Å². The molecule has 3 rings (SSSR count). The van der Waals surface area contributed by atoms with Crippen molar-refractivity contribution in [1.29, 1.82) is 0 Å². The van der Waals surface area contributed by atoms with Crippen LogP contribution in [0.5, 0.6) is 0 Å². The van der Waals surface area contributed by atoms with Crippen molar-refractivity contribution in [3.05, 3.63) is 41.3 Å². The van der Waals surface area contributed by atoms with Gasteiger partial charge in [0.25, 0.3) is 0 Å². The molecule has 0 saturated heterocycles. The SMILES string of the molecule is Cl[Si](Cl)(Cl)c1ccc(-c2ccc(-c3ccc[se]3)[se]2)[se]1. The Kier molecular flexibility index (Phi) is 4.79. The molecule has 0 spiro atoms. The summed E-state index contributed by atoms with van der Waals surface area (Å²) in [7, 11) is 0. The van der Waals surface area contributed by atoms with Crippen molar-refractivity contribution in [2.24, 2.45) is 0 Å². The first-order chi connectivity index (χ1) is 9.04. The molecule has 3 aromatic heterocycles. The van der Waals surface area contributed by atoms with Crippen LogP contribution in [0.3, 0.4) is 0 Å². The van der Waals surface area contributed by atoms with Crippen molar-refractivity contribution >= 4 is 86.8 Å². The Morgan fingerprint density at radius 1 is 0.737 bits per heavy atom. The molecule has 0 N–H and O–H groups in total. The van der Waals surface area contributed by atoms with Crippen LogP contribution in [0.15, 0.2) is 41.3 Å². The van der Waals surface area contributed by atoms with E-state index in [1.165, 1.54) is 17.7 Å². The fourth-order valence-electron chi connectivity index (χ4n) is 1.64. The maximum atomic E-state index is 6.09. The van der Waals surface area contributed by atoms with E-state index in [2.05, 4.69) is 35.3 Å². The molecule has 0 radical (unpaired) electrons. The summed E-state index contributed by atoms with van der Waals surface area (Å²) in [5.74, 6) is 0. The molecule has 0 aromatic carbocycles. The minimum atomic E-state index is -2.66. The molecule has 7 heteroatoms. The summed E-state index contributed by atoms with van der Waals surface area (Å²) in [6.45, 7) is 0. The number of halogens is 3. The van der Waals surface area contributed by atoms with E-state index in [1.807, 2.05) is 6.07 Å². The molecule has 0 aliphatic heterocycles. The van der Waals surface area contributed by atoms with Gasteiger partial charge < -0.3 is 0 Å². The average Bonchev–Trinajstić information content (AvgIpc) is 3.10. The van der Waals surface area contributed by atoms with E-state index >= 15 is 0 Å². The fourth-order valence-corrected chi connectivity index (χ4v) is 12.1. The molecule has 3 heterocycles.